The van der Waals surface area contributed by atoms with Gasteiger partial charge in [0.15, 0.2) is 0 Å². The maximum atomic E-state index is 12.5. The number of methoxy groups -OCH3 is 1. The first-order chi connectivity index (χ1) is 13.0. The average molecular weight is 363 g/mol. The summed E-state index contributed by atoms with van der Waals surface area (Å²) in [7, 11) is 1.26. The minimum absolute atomic E-state index is 0.117. The summed E-state index contributed by atoms with van der Waals surface area (Å²) in [5.74, 6) is -0.908. The molecule has 0 aromatic heterocycles. The SMILES string of the molecule is COC(=O)c1ccccc1NC(=O)/C(C#N)=C\Nc1ccccc1C(C)C. The van der Waals surface area contributed by atoms with Crippen LogP contribution >= 0.6 is 0 Å². The molecule has 2 aromatic rings. The Balaban J connectivity index is 2.22. The fourth-order valence-corrected chi connectivity index (χ4v) is 2.50. The molecular formula is C21H21N3O3. The molecule has 0 spiro atoms. The summed E-state index contributed by atoms with van der Waals surface area (Å²) in [5.41, 5.74) is 2.26. The van der Waals surface area contributed by atoms with E-state index < -0.39 is 11.9 Å². The van der Waals surface area contributed by atoms with Gasteiger partial charge in [-0.05, 0) is 29.7 Å². The number of nitrogens with zero attached hydrogens (tertiary/aromatic N) is 1. The van der Waals surface area contributed by atoms with Gasteiger partial charge in [0.25, 0.3) is 5.91 Å². The van der Waals surface area contributed by atoms with Crippen LogP contribution in [0.2, 0.25) is 0 Å². The number of amides is 1. The number of hydrogen-bond acceptors (Lipinski definition) is 5. The highest BCUT2D eigenvalue weighted by Crippen LogP contribution is 2.24. The quantitative estimate of drug-likeness (QED) is 0.459. The third-order valence-corrected chi connectivity index (χ3v) is 3.90. The maximum Gasteiger partial charge on any atom is 0.339 e. The topological polar surface area (TPSA) is 91.2 Å². The van der Waals surface area contributed by atoms with Crippen molar-refractivity contribution in [2.75, 3.05) is 17.7 Å². The number of nitrogens with one attached hydrogen (secondary N) is 2. The first-order valence-corrected chi connectivity index (χ1v) is 8.42. The van der Waals surface area contributed by atoms with Crippen LogP contribution in [0.1, 0.15) is 35.7 Å². The minimum atomic E-state index is -0.622. The first-order valence-electron chi connectivity index (χ1n) is 8.42. The molecule has 6 heteroatoms. The molecule has 2 aromatic carbocycles. The molecular weight excluding hydrogens is 342 g/mol. The van der Waals surface area contributed by atoms with Gasteiger partial charge in [0.05, 0.1) is 18.4 Å². The Morgan fingerprint density at radius 1 is 1.07 bits per heavy atom. The summed E-state index contributed by atoms with van der Waals surface area (Å²) in [6.45, 7) is 4.12. The van der Waals surface area contributed by atoms with Crippen LogP contribution in [-0.4, -0.2) is 19.0 Å². The smallest absolute Gasteiger partial charge is 0.339 e. The Morgan fingerprint density at radius 3 is 2.33 bits per heavy atom. The van der Waals surface area contributed by atoms with E-state index in [0.29, 0.717) is 0 Å². The van der Waals surface area contributed by atoms with Crippen molar-refractivity contribution in [3.05, 3.63) is 71.4 Å². The number of benzene rings is 2. The van der Waals surface area contributed by atoms with E-state index in [1.807, 2.05) is 30.3 Å². The lowest BCUT2D eigenvalue weighted by Gasteiger charge is -2.13. The lowest BCUT2D eigenvalue weighted by atomic mass is 10.0. The van der Waals surface area contributed by atoms with Crippen molar-refractivity contribution < 1.29 is 14.3 Å². The molecule has 0 fully saturated rings. The van der Waals surface area contributed by atoms with Gasteiger partial charge in [0.2, 0.25) is 0 Å². The van der Waals surface area contributed by atoms with Gasteiger partial charge in [0, 0.05) is 11.9 Å². The van der Waals surface area contributed by atoms with Crippen LogP contribution in [0.3, 0.4) is 0 Å². The summed E-state index contributed by atoms with van der Waals surface area (Å²) in [4.78, 5) is 24.3. The minimum Gasteiger partial charge on any atom is -0.465 e. The molecule has 138 valence electrons. The largest absolute Gasteiger partial charge is 0.465 e. The summed E-state index contributed by atoms with van der Waals surface area (Å²) in [6.07, 6.45) is 1.36. The second-order valence-electron chi connectivity index (χ2n) is 6.05. The van der Waals surface area contributed by atoms with E-state index in [1.165, 1.54) is 19.4 Å². The highest BCUT2D eigenvalue weighted by atomic mass is 16.5. The van der Waals surface area contributed by atoms with Crippen LogP contribution < -0.4 is 10.6 Å². The van der Waals surface area contributed by atoms with Crippen molar-refractivity contribution in [3.8, 4) is 6.07 Å². The zero-order valence-corrected chi connectivity index (χ0v) is 15.4. The Hall–Kier alpha value is -3.59. The number of rotatable bonds is 6. The Bertz CT molecular complexity index is 911. The molecule has 0 saturated heterocycles. The van der Waals surface area contributed by atoms with E-state index in [2.05, 4.69) is 24.5 Å². The molecule has 6 nitrogen and oxygen atoms in total. The molecule has 0 aliphatic heterocycles. The molecule has 1 amide bonds. The second kappa shape index (κ2) is 9.20. The number of para-hydroxylation sites is 2. The van der Waals surface area contributed by atoms with Crippen molar-refractivity contribution in [1.82, 2.24) is 0 Å². The van der Waals surface area contributed by atoms with Crippen molar-refractivity contribution in [1.29, 1.82) is 5.26 Å². The van der Waals surface area contributed by atoms with Gasteiger partial charge in [-0.15, -0.1) is 0 Å². The fourth-order valence-electron chi connectivity index (χ4n) is 2.50. The zero-order valence-electron chi connectivity index (χ0n) is 15.4. The zero-order chi connectivity index (χ0) is 19.8. The normalized spacial score (nSPS) is 10.9. The van der Waals surface area contributed by atoms with Gasteiger partial charge in [-0.25, -0.2) is 4.79 Å². The van der Waals surface area contributed by atoms with E-state index in [9.17, 15) is 14.9 Å². The summed E-state index contributed by atoms with van der Waals surface area (Å²) in [5, 5.41) is 14.9. The molecule has 2 N–H and O–H groups in total. The van der Waals surface area contributed by atoms with E-state index in [-0.39, 0.29) is 22.7 Å². The monoisotopic (exact) mass is 363 g/mol. The molecule has 0 atom stereocenters. The second-order valence-corrected chi connectivity index (χ2v) is 6.05. The highest BCUT2D eigenvalue weighted by Gasteiger charge is 2.16. The third kappa shape index (κ3) is 4.95. The molecule has 0 bridgehead atoms. The third-order valence-electron chi connectivity index (χ3n) is 3.90. The molecule has 0 heterocycles. The lowest BCUT2D eigenvalue weighted by Crippen LogP contribution is -2.17. The molecule has 27 heavy (non-hydrogen) atoms. The predicted octanol–water partition coefficient (Wildman–Crippen LogP) is 4.05. The van der Waals surface area contributed by atoms with E-state index in [1.54, 1.807) is 18.2 Å². The Kier molecular flexibility index (Phi) is 6.73. The average Bonchev–Trinajstić information content (AvgIpc) is 2.68. The van der Waals surface area contributed by atoms with Gasteiger partial charge in [-0.1, -0.05) is 44.2 Å². The summed E-state index contributed by atoms with van der Waals surface area (Å²) < 4.78 is 4.70. The van der Waals surface area contributed by atoms with Crippen molar-refractivity contribution >= 4 is 23.3 Å². The number of esters is 1. The van der Waals surface area contributed by atoms with Crippen LogP contribution in [0.5, 0.6) is 0 Å². The van der Waals surface area contributed by atoms with Crippen molar-refractivity contribution in [2.24, 2.45) is 0 Å². The van der Waals surface area contributed by atoms with Gasteiger partial charge >= 0.3 is 5.97 Å². The lowest BCUT2D eigenvalue weighted by molar-refractivity contribution is -0.112. The van der Waals surface area contributed by atoms with Crippen molar-refractivity contribution in [3.63, 3.8) is 0 Å². The number of anilines is 2. The highest BCUT2D eigenvalue weighted by molar-refractivity contribution is 6.09. The van der Waals surface area contributed by atoms with Gasteiger partial charge < -0.3 is 15.4 Å². The summed E-state index contributed by atoms with van der Waals surface area (Å²) in [6, 6.07) is 16.0. The van der Waals surface area contributed by atoms with Crippen molar-refractivity contribution in [2.45, 2.75) is 19.8 Å². The fraction of sp³-hybridized carbons (Fsp3) is 0.190. The van der Waals surface area contributed by atoms with Gasteiger partial charge in [-0.3, -0.25) is 4.79 Å². The van der Waals surface area contributed by atoms with E-state index in [4.69, 9.17) is 4.74 Å². The molecule has 0 saturated carbocycles. The van der Waals surface area contributed by atoms with Gasteiger partial charge in [-0.2, -0.15) is 5.26 Å². The molecule has 0 aliphatic carbocycles. The maximum absolute atomic E-state index is 12.5. The van der Waals surface area contributed by atoms with Crippen LogP contribution in [0, 0.1) is 11.3 Å². The number of ether oxygens (including phenoxy) is 1. The Morgan fingerprint density at radius 2 is 1.70 bits per heavy atom. The number of nitriles is 1. The van der Waals surface area contributed by atoms with Gasteiger partial charge in [0.1, 0.15) is 11.6 Å². The first kappa shape index (κ1) is 19.7. The van der Waals surface area contributed by atoms with E-state index in [0.717, 1.165) is 11.3 Å². The van der Waals surface area contributed by atoms with E-state index >= 15 is 0 Å². The number of carbonyl (C=O) groups excluding carboxylic acids is 2. The molecule has 0 radical (unpaired) electrons. The summed E-state index contributed by atoms with van der Waals surface area (Å²) >= 11 is 0. The van der Waals surface area contributed by atoms with Crippen LogP contribution in [0.25, 0.3) is 0 Å². The van der Waals surface area contributed by atoms with Crippen LogP contribution in [0.4, 0.5) is 11.4 Å². The predicted molar refractivity (Wildman–Crippen MR) is 104 cm³/mol. The molecule has 0 aliphatic rings. The Labute approximate surface area is 158 Å². The molecule has 0 unspecified atom stereocenters. The number of carbonyl (C=O) groups is 2. The van der Waals surface area contributed by atoms with Crippen LogP contribution in [-0.2, 0) is 9.53 Å². The standard InChI is InChI=1S/C21H21N3O3/c1-14(2)16-8-4-6-10-18(16)23-13-15(12-22)20(25)24-19-11-7-5-9-17(19)21(26)27-3/h4-11,13-14,23H,1-3H3,(H,24,25)/b15-13-. The van der Waals surface area contributed by atoms with Crippen LogP contribution in [0.15, 0.2) is 60.3 Å². The number of hydrogen-bond donors (Lipinski definition) is 2. The molecule has 2 rings (SSSR count).